The van der Waals surface area contributed by atoms with Crippen molar-refractivity contribution in [1.29, 1.82) is 0 Å². The summed E-state index contributed by atoms with van der Waals surface area (Å²) in [5.74, 6) is 0.777. The number of likely N-dealkylation sites (tertiary alicyclic amines) is 1. The van der Waals surface area contributed by atoms with Crippen LogP contribution >= 0.6 is 0 Å². The van der Waals surface area contributed by atoms with Crippen LogP contribution in [0.25, 0.3) is 0 Å². The molecule has 0 saturated carbocycles. The molecule has 6 heteroatoms. The predicted octanol–water partition coefficient (Wildman–Crippen LogP) is 1.37. The Morgan fingerprint density at radius 2 is 1.77 bits per heavy atom. The Labute approximate surface area is 128 Å². The number of hydrogen-bond acceptors (Lipinski definition) is 5. The zero-order chi connectivity index (χ0) is 15.0. The fourth-order valence-corrected chi connectivity index (χ4v) is 3.39. The second-order valence-corrected chi connectivity index (χ2v) is 5.87. The van der Waals surface area contributed by atoms with E-state index in [1.165, 1.54) is 0 Å². The lowest BCUT2D eigenvalue weighted by Gasteiger charge is -2.50. The molecule has 2 aromatic heterocycles. The second kappa shape index (κ2) is 5.05. The van der Waals surface area contributed by atoms with E-state index in [1.807, 2.05) is 23.1 Å². The molecule has 0 bridgehead atoms. The average Bonchev–Trinajstić information content (AvgIpc) is 3.03. The standard InChI is InChI=1S/C16H17N5O/c22-14(13-4-1-2-7-17-13)20-10-5-16(12-20)6-11-21(16)15-18-8-3-9-19-15/h1-4,7-9H,5-6,10-12H2. The van der Waals surface area contributed by atoms with Gasteiger partial charge in [0.25, 0.3) is 5.91 Å². The van der Waals surface area contributed by atoms with Crippen LogP contribution in [-0.4, -0.2) is 50.9 Å². The first-order valence-electron chi connectivity index (χ1n) is 7.54. The number of hydrogen-bond donors (Lipinski definition) is 0. The Balaban J connectivity index is 1.52. The minimum atomic E-state index is 0.00575. The first-order chi connectivity index (χ1) is 10.8. The monoisotopic (exact) mass is 295 g/mol. The summed E-state index contributed by atoms with van der Waals surface area (Å²) in [5, 5.41) is 0. The van der Waals surface area contributed by atoms with Gasteiger partial charge in [0.05, 0.1) is 5.54 Å². The number of rotatable bonds is 2. The fourth-order valence-electron chi connectivity index (χ4n) is 3.39. The molecule has 2 saturated heterocycles. The SMILES string of the molecule is O=C(c1ccccn1)N1CCC2(CCN2c2ncccn2)C1. The molecule has 6 nitrogen and oxygen atoms in total. The highest BCUT2D eigenvalue weighted by Crippen LogP contribution is 2.41. The van der Waals surface area contributed by atoms with Gasteiger partial charge in [-0.3, -0.25) is 9.78 Å². The third-order valence-electron chi connectivity index (χ3n) is 4.67. The van der Waals surface area contributed by atoms with Crippen LogP contribution in [0, 0.1) is 0 Å². The Bertz CT molecular complexity index is 677. The van der Waals surface area contributed by atoms with Gasteiger partial charge in [0.1, 0.15) is 5.69 Å². The van der Waals surface area contributed by atoms with Crippen molar-refractivity contribution in [2.45, 2.75) is 18.4 Å². The molecule has 2 aliphatic heterocycles. The van der Waals surface area contributed by atoms with E-state index in [1.54, 1.807) is 24.7 Å². The lowest BCUT2D eigenvalue weighted by Crippen LogP contribution is -2.62. The summed E-state index contributed by atoms with van der Waals surface area (Å²) in [6.45, 7) is 2.44. The Morgan fingerprint density at radius 1 is 1.00 bits per heavy atom. The number of carbonyl (C=O) groups excluding carboxylic acids is 1. The third-order valence-corrected chi connectivity index (χ3v) is 4.67. The molecular weight excluding hydrogens is 278 g/mol. The van der Waals surface area contributed by atoms with Gasteiger partial charge in [0, 0.05) is 38.2 Å². The van der Waals surface area contributed by atoms with Crippen molar-refractivity contribution in [2.24, 2.45) is 0 Å². The van der Waals surface area contributed by atoms with E-state index in [-0.39, 0.29) is 11.4 Å². The van der Waals surface area contributed by atoms with Crippen LogP contribution < -0.4 is 4.90 Å². The molecule has 0 aromatic carbocycles. The first kappa shape index (κ1) is 13.2. The molecular formula is C16H17N5O. The largest absolute Gasteiger partial charge is 0.335 e. The number of pyridine rings is 1. The molecule has 4 heterocycles. The van der Waals surface area contributed by atoms with Gasteiger partial charge in [-0.25, -0.2) is 9.97 Å². The van der Waals surface area contributed by atoms with Crippen LogP contribution in [0.2, 0.25) is 0 Å². The molecule has 0 aliphatic carbocycles. The van der Waals surface area contributed by atoms with Crippen molar-refractivity contribution in [3.63, 3.8) is 0 Å². The average molecular weight is 295 g/mol. The summed E-state index contributed by atoms with van der Waals surface area (Å²) >= 11 is 0. The quantitative estimate of drug-likeness (QED) is 0.837. The number of nitrogens with zero attached hydrogens (tertiary/aromatic N) is 5. The Morgan fingerprint density at radius 3 is 2.45 bits per heavy atom. The van der Waals surface area contributed by atoms with Gasteiger partial charge < -0.3 is 9.80 Å². The topological polar surface area (TPSA) is 62.2 Å². The number of aromatic nitrogens is 3. The van der Waals surface area contributed by atoms with Crippen LogP contribution in [0.15, 0.2) is 42.9 Å². The molecule has 1 atom stereocenters. The number of carbonyl (C=O) groups is 1. The van der Waals surface area contributed by atoms with Gasteiger partial charge in [0.2, 0.25) is 5.95 Å². The van der Waals surface area contributed by atoms with E-state index in [0.29, 0.717) is 5.69 Å². The summed E-state index contributed by atoms with van der Waals surface area (Å²) in [5.41, 5.74) is 0.521. The normalized spacial score (nSPS) is 23.6. The van der Waals surface area contributed by atoms with E-state index in [0.717, 1.165) is 38.4 Å². The third kappa shape index (κ3) is 2.03. The number of amides is 1. The zero-order valence-electron chi connectivity index (χ0n) is 12.2. The molecule has 1 amide bonds. The van der Waals surface area contributed by atoms with Crippen LogP contribution in [0.4, 0.5) is 5.95 Å². The van der Waals surface area contributed by atoms with E-state index in [4.69, 9.17) is 0 Å². The Kier molecular flexibility index (Phi) is 3.03. The Hall–Kier alpha value is -2.50. The maximum absolute atomic E-state index is 12.5. The van der Waals surface area contributed by atoms with E-state index < -0.39 is 0 Å². The fraction of sp³-hybridized carbons (Fsp3) is 0.375. The lowest BCUT2D eigenvalue weighted by molar-refractivity contribution is 0.0770. The second-order valence-electron chi connectivity index (χ2n) is 5.87. The van der Waals surface area contributed by atoms with Crippen molar-refractivity contribution < 1.29 is 4.79 Å². The van der Waals surface area contributed by atoms with Crippen LogP contribution in [0.5, 0.6) is 0 Å². The van der Waals surface area contributed by atoms with Gasteiger partial charge in [-0.05, 0) is 31.0 Å². The number of anilines is 1. The van der Waals surface area contributed by atoms with E-state index >= 15 is 0 Å². The summed E-state index contributed by atoms with van der Waals surface area (Å²) in [6, 6.07) is 7.26. The van der Waals surface area contributed by atoms with Crippen LogP contribution in [0.3, 0.4) is 0 Å². The summed E-state index contributed by atoms with van der Waals surface area (Å²) in [6.07, 6.45) is 7.23. The molecule has 2 fully saturated rings. The van der Waals surface area contributed by atoms with Gasteiger partial charge in [-0.15, -0.1) is 0 Å². The smallest absolute Gasteiger partial charge is 0.272 e. The summed E-state index contributed by atoms with van der Waals surface area (Å²) in [7, 11) is 0. The van der Waals surface area contributed by atoms with E-state index in [2.05, 4.69) is 19.9 Å². The maximum atomic E-state index is 12.5. The van der Waals surface area contributed by atoms with Crippen molar-refractivity contribution in [3.8, 4) is 0 Å². The highest BCUT2D eigenvalue weighted by Gasteiger charge is 2.51. The molecule has 0 N–H and O–H groups in total. The summed E-state index contributed by atoms with van der Waals surface area (Å²) in [4.78, 5) is 29.5. The molecule has 2 aromatic rings. The maximum Gasteiger partial charge on any atom is 0.272 e. The predicted molar refractivity (Wildman–Crippen MR) is 81.5 cm³/mol. The minimum absolute atomic E-state index is 0.00575. The molecule has 2 aliphatic rings. The zero-order valence-corrected chi connectivity index (χ0v) is 12.2. The molecule has 112 valence electrons. The summed E-state index contributed by atoms with van der Waals surface area (Å²) < 4.78 is 0. The highest BCUT2D eigenvalue weighted by molar-refractivity contribution is 5.92. The van der Waals surface area contributed by atoms with Crippen molar-refractivity contribution in [1.82, 2.24) is 19.9 Å². The van der Waals surface area contributed by atoms with Gasteiger partial charge in [-0.1, -0.05) is 6.07 Å². The minimum Gasteiger partial charge on any atom is -0.335 e. The molecule has 1 unspecified atom stereocenters. The van der Waals surface area contributed by atoms with Crippen LogP contribution in [0.1, 0.15) is 23.3 Å². The highest BCUT2D eigenvalue weighted by atomic mass is 16.2. The molecule has 22 heavy (non-hydrogen) atoms. The van der Waals surface area contributed by atoms with Crippen molar-refractivity contribution >= 4 is 11.9 Å². The van der Waals surface area contributed by atoms with Crippen molar-refractivity contribution in [2.75, 3.05) is 24.5 Å². The van der Waals surface area contributed by atoms with Crippen LogP contribution in [-0.2, 0) is 0 Å². The molecule has 0 radical (unpaired) electrons. The molecule has 4 rings (SSSR count). The van der Waals surface area contributed by atoms with Gasteiger partial charge >= 0.3 is 0 Å². The van der Waals surface area contributed by atoms with Crippen molar-refractivity contribution in [3.05, 3.63) is 48.5 Å². The molecule has 1 spiro atoms. The van der Waals surface area contributed by atoms with E-state index in [9.17, 15) is 4.79 Å². The lowest BCUT2D eigenvalue weighted by atomic mass is 9.84. The van der Waals surface area contributed by atoms with Gasteiger partial charge in [0.15, 0.2) is 0 Å². The van der Waals surface area contributed by atoms with Gasteiger partial charge in [-0.2, -0.15) is 0 Å². The first-order valence-corrected chi connectivity index (χ1v) is 7.54.